The Hall–Kier alpha value is -1.84. The molecule has 2 saturated carbocycles. The van der Waals surface area contributed by atoms with Gasteiger partial charge in [0.1, 0.15) is 11.3 Å². The van der Waals surface area contributed by atoms with Gasteiger partial charge in [0.2, 0.25) is 0 Å². The number of nitrogens with zero attached hydrogens (tertiary/aromatic N) is 2. The lowest BCUT2D eigenvalue weighted by atomic mass is 10.0. The smallest absolute Gasteiger partial charge is 0.337 e. The number of carboxylic acid groups (broad SMARTS) is 1. The quantitative estimate of drug-likeness (QED) is 0.928. The van der Waals surface area contributed by atoms with Gasteiger partial charge in [0.15, 0.2) is 0 Å². The number of benzene rings is 1. The van der Waals surface area contributed by atoms with E-state index in [9.17, 15) is 9.90 Å². The molecule has 1 aromatic heterocycles. The van der Waals surface area contributed by atoms with Gasteiger partial charge in [-0.1, -0.05) is 6.07 Å². The summed E-state index contributed by atoms with van der Waals surface area (Å²) in [6.07, 6.45) is 5.36. The van der Waals surface area contributed by atoms with Crippen LogP contribution in [-0.2, 0) is 6.54 Å². The minimum absolute atomic E-state index is 0.306. The van der Waals surface area contributed by atoms with Crippen molar-refractivity contribution in [3.63, 3.8) is 0 Å². The third kappa shape index (κ3) is 1.67. The van der Waals surface area contributed by atoms with Crippen molar-refractivity contribution >= 4 is 17.0 Å². The number of hydrogen-bond acceptors (Lipinski definition) is 2. The number of para-hydroxylation sites is 1. The molecule has 4 rings (SSSR count). The summed E-state index contributed by atoms with van der Waals surface area (Å²) in [6.45, 7) is 2.98. The molecule has 0 aliphatic heterocycles. The van der Waals surface area contributed by atoms with Gasteiger partial charge < -0.3 is 9.67 Å². The molecule has 2 aliphatic rings. The second-order valence-electron chi connectivity index (χ2n) is 6.36. The average Bonchev–Trinajstić information content (AvgIpc) is 3.29. The van der Waals surface area contributed by atoms with Crippen molar-refractivity contribution < 1.29 is 9.90 Å². The number of imidazole rings is 1. The molecule has 0 bridgehead atoms. The van der Waals surface area contributed by atoms with E-state index in [0.717, 1.165) is 23.8 Å². The van der Waals surface area contributed by atoms with Crippen LogP contribution in [0.4, 0.5) is 0 Å². The monoisotopic (exact) mass is 270 g/mol. The summed E-state index contributed by atoms with van der Waals surface area (Å²) in [5.74, 6) is 0.922. The van der Waals surface area contributed by atoms with Gasteiger partial charge in [0, 0.05) is 6.54 Å². The fourth-order valence-electron chi connectivity index (χ4n) is 3.50. The van der Waals surface area contributed by atoms with Crippen LogP contribution in [0.3, 0.4) is 0 Å². The van der Waals surface area contributed by atoms with Gasteiger partial charge in [0.05, 0.1) is 11.1 Å². The molecule has 2 aliphatic carbocycles. The Bertz CT molecular complexity index is 709. The number of fused-ring (bicyclic) bond motifs is 1. The lowest BCUT2D eigenvalue weighted by Gasteiger charge is -2.17. The zero-order chi connectivity index (χ0) is 13.9. The maximum absolute atomic E-state index is 11.3. The number of aromatic carboxylic acids is 1. The van der Waals surface area contributed by atoms with E-state index in [1.165, 1.54) is 25.7 Å². The minimum atomic E-state index is -0.899. The van der Waals surface area contributed by atoms with Crippen LogP contribution in [0.5, 0.6) is 0 Å². The SMILES string of the molecule is Cc1nc2c(C(=O)O)cccc2n1CC1(C2CC2)CC1. The molecule has 0 atom stereocenters. The molecular weight excluding hydrogens is 252 g/mol. The summed E-state index contributed by atoms with van der Waals surface area (Å²) >= 11 is 0. The second-order valence-corrected chi connectivity index (χ2v) is 6.36. The van der Waals surface area contributed by atoms with Gasteiger partial charge in [-0.2, -0.15) is 0 Å². The summed E-state index contributed by atoms with van der Waals surface area (Å²) < 4.78 is 2.23. The number of carboxylic acids is 1. The minimum Gasteiger partial charge on any atom is -0.478 e. The van der Waals surface area contributed by atoms with Crippen molar-refractivity contribution in [1.82, 2.24) is 9.55 Å². The molecule has 20 heavy (non-hydrogen) atoms. The Morgan fingerprint density at radius 1 is 1.45 bits per heavy atom. The Kier molecular flexibility index (Phi) is 2.29. The molecule has 0 radical (unpaired) electrons. The molecule has 1 heterocycles. The first-order valence-electron chi connectivity index (χ1n) is 7.30. The van der Waals surface area contributed by atoms with E-state index in [2.05, 4.69) is 9.55 Å². The van der Waals surface area contributed by atoms with Crippen molar-refractivity contribution in [3.8, 4) is 0 Å². The molecule has 1 aromatic carbocycles. The van der Waals surface area contributed by atoms with Crippen molar-refractivity contribution in [2.24, 2.45) is 11.3 Å². The maximum atomic E-state index is 11.3. The number of hydrogen-bond donors (Lipinski definition) is 1. The fourth-order valence-corrected chi connectivity index (χ4v) is 3.50. The molecule has 4 heteroatoms. The topological polar surface area (TPSA) is 55.1 Å². The molecular formula is C16H18N2O2. The Balaban J connectivity index is 1.81. The van der Waals surface area contributed by atoms with Gasteiger partial charge in [0.25, 0.3) is 0 Å². The molecule has 0 spiro atoms. The molecule has 4 nitrogen and oxygen atoms in total. The maximum Gasteiger partial charge on any atom is 0.337 e. The lowest BCUT2D eigenvalue weighted by Crippen LogP contribution is -2.14. The van der Waals surface area contributed by atoms with E-state index in [1.54, 1.807) is 6.07 Å². The average molecular weight is 270 g/mol. The Morgan fingerprint density at radius 3 is 2.80 bits per heavy atom. The molecule has 1 N–H and O–H groups in total. The van der Waals surface area contributed by atoms with E-state index in [4.69, 9.17) is 0 Å². The van der Waals surface area contributed by atoms with Crippen LogP contribution in [0.25, 0.3) is 11.0 Å². The standard InChI is InChI=1S/C16H18N2O2/c1-10-17-14-12(15(19)20)3-2-4-13(14)18(10)9-16(7-8-16)11-5-6-11/h2-4,11H,5-9H2,1H3,(H,19,20). The van der Waals surface area contributed by atoms with E-state index < -0.39 is 5.97 Å². The van der Waals surface area contributed by atoms with Crippen LogP contribution >= 0.6 is 0 Å². The largest absolute Gasteiger partial charge is 0.478 e. The van der Waals surface area contributed by atoms with Crippen LogP contribution in [0.1, 0.15) is 41.9 Å². The van der Waals surface area contributed by atoms with E-state index in [-0.39, 0.29) is 0 Å². The summed E-state index contributed by atoms with van der Waals surface area (Å²) in [6, 6.07) is 5.44. The van der Waals surface area contributed by atoms with E-state index >= 15 is 0 Å². The molecule has 104 valence electrons. The number of carbonyl (C=O) groups is 1. The first-order valence-corrected chi connectivity index (χ1v) is 7.30. The molecule has 2 aromatic rings. The fraction of sp³-hybridized carbons (Fsp3) is 0.500. The highest BCUT2D eigenvalue weighted by Gasteiger charge is 2.54. The summed E-state index contributed by atoms with van der Waals surface area (Å²) in [4.78, 5) is 15.8. The normalized spacial score (nSPS) is 20.2. The molecule has 0 saturated heterocycles. The number of aryl methyl sites for hydroxylation is 1. The molecule has 0 amide bonds. The van der Waals surface area contributed by atoms with Gasteiger partial charge in [-0.15, -0.1) is 0 Å². The van der Waals surface area contributed by atoms with Gasteiger partial charge in [-0.3, -0.25) is 0 Å². The van der Waals surface area contributed by atoms with Crippen LogP contribution in [0, 0.1) is 18.3 Å². The number of rotatable bonds is 4. The lowest BCUT2D eigenvalue weighted by molar-refractivity contribution is 0.0699. The van der Waals surface area contributed by atoms with Crippen LogP contribution in [0.15, 0.2) is 18.2 Å². The Labute approximate surface area is 117 Å². The van der Waals surface area contributed by atoms with Crippen molar-refractivity contribution in [2.45, 2.75) is 39.2 Å². The summed E-state index contributed by atoms with van der Waals surface area (Å²) in [7, 11) is 0. The van der Waals surface area contributed by atoms with Crippen LogP contribution in [0.2, 0.25) is 0 Å². The summed E-state index contributed by atoms with van der Waals surface area (Å²) in [5.41, 5.74) is 2.39. The highest BCUT2D eigenvalue weighted by molar-refractivity contribution is 6.01. The third-order valence-electron chi connectivity index (χ3n) is 5.01. The predicted octanol–water partition coefficient (Wildman–Crippen LogP) is 3.23. The van der Waals surface area contributed by atoms with Crippen LogP contribution in [-0.4, -0.2) is 20.6 Å². The van der Waals surface area contributed by atoms with Crippen molar-refractivity contribution in [1.29, 1.82) is 0 Å². The van der Waals surface area contributed by atoms with Gasteiger partial charge in [-0.05, 0) is 56.1 Å². The second kappa shape index (κ2) is 3.84. The third-order valence-corrected chi connectivity index (χ3v) is 5.01. The first-order chi connectivity index (χ1) is 9.61. The summed E-state index contributed by atoms with van der Waals surface area (Å²) in [5, 5.41) is 9.28. The predicted molar refractivity (Wildman–Crippen MR) is 75.8 cm³/mol. The Morgan fingerprint density at radius 2 is 2.20 bits per heavy atom. The molecule has 2 fully saturated rings. The van der Waals surface area contributed by atoms with Gasteiger partial charge in [-0.25, -0.2) is 9.78 Å². The van der Waals surface area contributed by atoms with E-state index in [0.29, 0.717) is 16.5 Å². The van der Waals surface area contributed by atoms with Crippen LogP contribution < -0.4 is 0 Å². The first kappa shape index (κ1) is 11.9. The van der Waals surface area contributed by atoms with Gasteiger partial charge >= 0.3 is 5.97 Å². The molecule has 0 unspecified atom stereocenters. The zero-order valence-electron chi connectivity index (χ0n) is 11.6. The van der Waals surface area contributed by atoms with Crippen molar-refractivity contribution in [3.05, 3.63) is 29.6 Å². The number of aromatic nitrogens is 2. The highest BCUT2D eigenvalue weighted by atomic mass is 16.4. The van der Waals surface area contributed by atoms with E-state index in [1.807, 2.05) is 19.1 Å². The highest BCUT2D eigenvalue weighted by Crippen LogP contribution is 2.62. The van der Waals surface area contributed by atoms with Crippen molar-refractivity contribution in [2.75, 3.05) is 0 Å². The zero-order valence-corrected chi connectivity index (χ0v) is 11.6.